The number of aromatic amines is 1. The van der Waals surface area contributed by atoms with Gasteiger partial charge in [-0.1, -0.05) is 30.0 Å². The van der Waals surface area contributed by atoms with Crippen LogP contribution in [0.3, 0.4) is 0 Å². The molecule has 3 N–H and O–H groups in total. The van der Waals surface area contributed by atoms with Gasteiger partial charge in [-0.3, -0.25) is 9.78 Å². The number of benzene rings is 2. The SMILES string of the molecule is C=CCSc1n[n+]2c(c(=O)[nH]1)-c1ccccc1N[C@H]2c1ccc(O)cc1. The van der Waals surface area contributed by atoms with Crippen LogP contribution in [-0.2, 0) is 0 Å². The topological polar surface area (TPSA) is 81.9 Å². The molecule has 7 heteroatoms. The van der Waals surface area contributed by atoms with E-state index in [9.17, 15) is 9.90 Å². The number of aromatic nitrogens is 3. The highest BCUT2D eigenvalue weighted by Gasteiger charge is 2.37. The molecule has 0 unspecified atom stereocenters. The summed E-state index contributed by atoms with van der Waals surface area (Å²) in [4.78, 5) is 15.7. The molecule has 2 aromatic carbocycles. The van der Waals surface area contributed by atoms with Crippen molar-refractivity contribution in [3.05, 3.63) is 77.1 Å². The average Bonchev–Trinajstić information content (AvgIpc) is 2.66. The van der Waals surface area contributed by atoms with E-state index in [0.29, 0.717) is 16.6 Å². The molecule has 0 radical (unpaired) electrons. The van der Waals surface area contributed by atoms with Gasteiger partial charge in [0, 0.05) is 16.4 Å². The molecular weight excluding hydrogens is 348 g/mol. The van der Waals surface area contributed by atoms with Crippen LogP contribution in [0.2, 0.25) is 0 Å². The molecule has 130 valence electrons. The molecule has 0 aliphatic carbocycles. The van der Waals surface area contributed by atoms with E-state index in [4.69, 9.17) is 0 Å². The molecule has 1 atom stereocenters. The Morgan fingerprint density at radius 1 is 1.23 bits per heavy atom. The van der Waals surface area contributed by atoms with Gasteiger partial charge in [0.2, 0.25) is 5.16 Å². The van der Waals surface area contributed by atoms with E-state index < -0.39 is 0 Å². The summed E-state index contributed by atoms with van der Waals surface area (Å²) in [5.74, 6) is 0.840. The molecule has 0 spiro atoms. The Labute approximate surface area is 154 Å². The van der Waals surface area contributed by atoms with Gasteiger partial charge in [-0.15, -0.1) is 6.58 Å². The molecule has 0 saturated heterocycles. The summed E-state index contributed by atoms with van der Waals surface area (Å²) in [6, 6.07) is 14.5. The lowest BCUT2D eigenvalue weighted by atomic mass is 10.0. The first-order valence-electron chi connectivity index (χ1n) is 8.12. The molecule has 1 aliphatic rings. The van der Waals surface area contributed by atoms with Crippen LogP contribution in [0.5, 0.6) is 5.75 Å². The number of para-hydroxylation sites is 1. The Morgan fingerprint density at radius 3 is 2.77 bits per heavy atom. The summed E-state index contributed by atoms with van der Waals surface area (Å²) in [6.45, 7) is 3.70. The van der Waals surface area contributed by atoms with Crippen molar-refractivity contribution >= 4 is 17.4 Å². The molecule has 0 fully saturated rings. The molecule has 1 aliphatic heterocycles. The first kappa shape index (κ1) is 16.4. The van der Waals surface area contributed by atoms with E-state index in [1.165, 1.54) is 11.8 Å². The van der Waals surface area contributed by atoms with Crippen LogP contribution >= 0.6 is 11.8 Å². The van der Waals surface area contributed by atoms with Gasteiger partial charge in [0.1, 0.15) is 5.75 Å². The lowest BCUT2D eigenvalue weighted by molar-refractivity contribution is -0.759. The number of nitrogens with one attached hydrogen (secondary N) is 2. The van der Waals surface area contributed by atoms with Crippen molar-refractivity contribution in [2.75, 3.05) is 11.1 Å². The largest absolute Gasteiger partial charge is 0.508 e. The molecule has 0 amide bonds. The van der Waals surface area contributed by atoms with Gasteiger partial charge >= 0.3 is 11.3 Å². The third-order valence-electron chi connectivity index (χ3n) is 4.13. The highest BCUT2D eigenvalue weighted by molar-refractivity contribution is 7.99. The second kappa shape index (κ2) is 6.68. The number of rotatable bonds is 4. The maximum Gasteiger partial charge on any atom is 0.325 e. The summed E-state index contributed by atoms with van der Waals surface area (Å²) in [5.41, 5.74) is 2.87. The fourth-order valence-electron chi connectivity index (χ4n) is 2.97. The van der Waals surface area contributed by atoms with Crippen molar-refractivity contribution in [2.45, 2.75) is 11.3 Å². The van der Waals surface area contributed by atoms with Gasteiger partial charge in [0.15, 0.2) is 0 Å². The van der Waals surface area contributed by atoms with Crippen LogP contribution in [0.4, 0.5) is 5.69 Å². The molecule has 0 saturated carbocycles. The van der Waals surface area contributed by atoms with Gasteiger partial charge in [0.25, 0.3) is 6.17 Å². The van der Waals surface area contributed by atoms with Crippen LogP contribution in [0, 0.1) is 0 Å². The number of hydrogen-bond donors (Lipinski definition) is 3. The van der Waals surface area contributed by atoms with Gasteiger partial charge in [0.05, 0.1) is 11.3 Å². The maximum atomic E-state index is 12.8. The summed E-state index contributed by atoms with van der Waals surface area (Å²) < 4.78 is 1.71. The quantitative estimate of drug-likeness (QED) is 0.376. The number of phenolic OH excluding ortho intramolecular Hbond substituents is 1. The van der Waals surface area contributed by atoms with Crippen molar-refractivity contribution in [1.29, 1.82) is 0 Å². The summed E-state index contributed by atoms with van der Waals surface area (Å²) in [6.07, 6.45) is 1.41. The Hall–Kier alpha value is -3.06. The monoisotopic (exact) mass is 365 g/mol. The fourth-order valence-corrected chi connectivity index (χ4v) is 3.56. The minimum atomic E-state index is -0.356. The van der Waals surface area contributed by atoms with E-state index in [0.717, 1.165) is 16.8 Å². The van der Waals surface area contributed by atoms with Crippen LogP contribution in [0.1, 0.15) is 11.7 Å². The van der Waals surface area contributed by atoms with Crippen LogP contribution < -0.4 is 15.6 Å². The zero-order valence-electron chi connectivity index (χ0n) is 13.8. The molecule has 26 heavy (non-hydrogen) atoms. The number of hydrogen-bond acceptors (Lipinski definition) is 5. The third kappa shape index (κ3) is 2.86. The van der Waals surface area contributed by atoms with Crippen molar-refractivity contribution in [3.63, 3.8) is 0 Å². The van der Waals surface area contributed by atoms with Crippen LogP contribution in [0.15, 0.2) is 71.1 Å². The van der Waals surface area contributed by atoms with Crippen molar-refractivity contribution in [2.24, 2.45) is 0 Å². The van der Waals surface area contributed by atoms with Gasteiger partial charge in [-0.05, 0) is 41.1 Å². The van der Waals surface area contributed by atoms with E-state index >= 15 is 0 Å². The Bertz CT molecular complexity index is 1030. The molecule has 6 nitrogen and oxygen atoms in total. The third-order valence-corrected chi connectivity index (χ3v) is 4.99. The maximum absolute atomic E-state index is 12.8. The van der Waals surface area contributed by atoms with Crippen LogP contribution in [-0.4, -0.2) is 20.9 Å². The predicted molar refractivity (Wildman–Crippen MR) is 101 cm³/mol. The van der Waals surface area contributed by atoms with Crippen molar-refractivity contribution in [1.82, 2.24) is 10.1 Å². The van der Waals surface area contributed by atoms with Crippen LogP contribution in [0.25, 0.3) is 11.3 Å². The molecule has 1 aromatic heterocycles. The number of aromatic hydroxyl groups is 1. The summed E-state index contributed by atoms with van der Waals surface area (Å²) >= 11 is 1.42. The second-order valence-electron chi connectivity index (χ2n) is 5.84. The molecular formula is C19H17N4O2S+. The first-order chi connectivity index (χ1) is 12.7. The number of fused-ring (bicyclic) bond motifs is 3. The molecule has 4 rings (SSSR count). The second-order valence-corrected chi connectivity index (χ2v) is 6.84. The Balaban J connectivity index is 1.92. The molecule has 0 bridgehead atoms. The number of anilines is 1. The number of H-pyrrole nitrogens is 1. The summed E-state index contributed by atoms with van der Waals surface area (Å²) in [7, 11) is 0. The highest BCUT2D eigenvalue weighted by Crippen LogP contribution is 2.31. The summed E-state index contributed by atoms with van der Waals surface area (Å²) in [5, 5.41) is 18.2. The van der Waals surface area contributed by atoms with Gasteiger partial charge in [-0.25, -0.2) is 0 Å². The number of nitrogens with zero attached hydrogens (tertiary/aromatic N) is 2. The number of phenols is 1. The van der Waals surface area contributed by atoms with E-state index in [2.05, 4.69) is 22.0 Å². The lowest BCUT2D eigenvalue weighted by Crippen LogP contribution is -2.55. The highest BCUT2D eigenvalue weighted by atomic mass is 32.2. The lowest BCUT2D eigenvalue weighted by Gasteiger charge is -2.22. The first-order valence-corrected chi connectivity index (χ1v) is 9.10. The standard InChI is InChI=1S/C19H16N4O2S/c1-2-11-26-19-21-18(25)16-14-5-3-4-6-15(14)20-17(23(16)22-19)12-7-9-13(24)10-8-12/h2-10,17H,1,11H2,(H2,21,22,24,25)/p+1/t17-/m1/s1. The van der Waals surface area contributed by atoms with Gasteiger partial charge < -0.3 is 10.4 Å². The minimum Gasteiger partial charge on any atom is -0.508 e. The Kier molecular flexibility index (Phi) is 4.22. The zero-order valence-corrected chi connectivity index (χ0v) is 14.7. The van der Waals surface area contributed by atoms with E-state index in [1.54, 1.807) is 22.9 Å². The van der Waals surface area contributed by atoms with Gasteiger partial charge in [-0.2, -0.15) is 0 Å². The zero-order chi connectivity index (χ0) is 18.1. The fraction of sp³-hybridized carbons (Fsp3) is 0.105. The minimum absolute atomic E-state index is 0.190. The van der Waals surface area contributed by atoms with E-state index in [-0.39, 0.29) is 17.5 Å². The predicted octanol–water partition coefficient (Wildman–Crippen LogP) is 2.68. The van der Waals surface area contributed by atoms with Crippen molar-refractivity contribution in [3.8, 4) is 17.0 Å². The molecule has 3 aromatic rings. The smallest absolute Gasteiger partial charge is 0.325 e. The number of thioether (sulfide) groups is 1. The average molecular weight is 365 g/mol. The Morgan fingerprint density at radius 2 is 2.00 bits per heavy atom. The molecule has 2 heterocycles. The van der Waals surface area contributed by atoms with Crippen molar-refractivity contribution < 1.29 is 9.79 Å². The normalized spacial score (nSPS) is 14.8. The van der Waals surface area contributed by atoms with E-state index in [1.807, 2.05) is 36.4 Å².